The largest absolute Gasteiger partial charge is 0.501 e. The number of hydrogen-bond donors (Lipinski definition) is 1. The molecule has 0 spiro atoms. The number of fused-ring (bicyclic) bond motifs is 1. The minimum Gasteiger partial charge on any atom is -0.501 e. The van der Waals surface area contributed by atoms with Gasteiger partial charge in [-0.1, -0.05) is 42.2 Å². The summed E-state index contributed by atoms with van der Waals surface area (Å²) in [6.07, 6.45) is 4.94. The Morgan fingerprint density at radius 1 is 1.13 bits per heavy atom. The lowest BCUT2D eigenvalue weighted by Crippen LogP contribution is -2.51. The highest BCUT2D eigenvalue weighted by Gasteiger charge is 2.40. The van der Waals surface area contributed by atoms with Gasteiger partial charge in [0.2, 0.25) is 5.75 Å². The third-order valence-electron chi connectivity index (χ3n) is 7.05. The average molecular weight is 424 g/mol. The van der Waals surface area contributed by atoms with Gasteiger partial charge in [0.05, 0.1) is 0 Å². The number of carbonyl (C=O) groups is 1. The summed E-state index contributed by atoms with van der Waals surface area (Å²) in [4.78, 5) is 31.9. The third kappa shape index (κ3) is 3.66. The van der Waals surface area contributed by atoms with Crippen LogP contribution in [0.4, 0.5) is 0 Å². The Balaban J connectivity index is 1.85. The molecule has 1 fully saturated rings. The van der Waals surface area contributed by atoms with Crippen molar-refractivity contribution >= 4 is 5.91 Å². The van der Waals surface area contributed by atoms with E-state index in [1.807, 2.05) is 25.3 Å². The average Bonchev–Trinajstić information content (AvgIpc) is 3.14. The quantitative estimate of drug-likeness (QED) is 0.810. The Hall–Kier alpha value is -2.63. The predicted octanol–water partition coefficient (Wildman–Crippen LogP) is 3.87. The van der Waals surface area contributed by atoms with E-state index < -0.39 is 11.3 Å². The molecule has 6 nitrogen and oxygen atoms in total. The SMILES string of the molecule is Cc1cc(C)cc(C2(Cc3nc(=O)c(O)c4n3CC(C)N(C(C)C)C4=O)CCCC2)c1. The van der Waals surface area contributed by atoms with Gasteiger partial charge < -0.3 is 14.6 Å². The van der Waals surface area contributed by atoms with Crippen molar-refractivity contribution in [3.05, 3.63) is 56.8 Å². The molecule has 1 N–H and O–H groups in total. The molecule has 0 bridgehead atoms. The molecule has 1 aromatic carbocycles. The lowest BCUT2D eigenvalue weighted by molar-refractivity contribution is 0.0523. The molecule has 1 aromatic heterocycles. The number of carbonyl (C=O) groups excluding carboxylic acids is 1. The van der Waals surface area contributed by atoms with Gasteiger partial charge >= 0.3 is 5.56 Å². The minimum absolute atomic E-state index is 0.0150. The highest BCUT2D eigenvalue weighted by molar-refractivity contribution is 5.96. The number of hydrogen-bond acceptors (Lipinski definition) is 4. The van der Waals surface area contributed by atoms with Gasteiger partial charge in [0.25, 0.3) is 5.91 Å². The van der Waals surface area contributed by atoms with Crippen molar-refractivity contribution < 1.29 is 9.90 Å². The van der Waals surface area contributed by atoms with Gasteiger partial charge in [-0.3, -0.25) is 9.59 Å². The number of nitrogens with zero attached hydrogens (tertiary/aromatic N) is 3. The van der Waals surface area contributed by atoms with Gasteiger partial charge in [-0.05, 0) is 53.0 Å². The highest BCUT2D eigenvalue weighted by atomic mass is 16.3. The molecule has 2 heterocycles. The van der Waals surface area contributed by atoms with Gasteiger partial charge in [-0.25, -0.2) is 0 Å². The van der Waals surface area contributed by atoms with Crippen LogP contribution in [-0.4, -0.2) is 37.5 Å². The van der Waals surface area contributed by atoms with Crippen molar-refractivity contribution in [3.8, 4) is 5.75 Å². The Morgan fingerprint density at radius 2 is 1.74 bits per heavy atom. The zero-order valence-corrected chi connectivity index (χ0v) is 19.2. The maximum Gasteiger partial charge on any atom is 0.315 e. The van der Waals surface area contributed by atoms with Crippen LogP contribution in [-0.2, 0) is 18.4 Å². The van der Waals surface area contributed by atoms with Crippen molar-refractivity contribution in [1.29, 1.82) is 0 Å². The summed E-state index contributed by atoms with van der Waals surface area (Å²) < 4.78 is 1.81. The molecule has 0 saturated heterocycles. The van der Waals surface area contributed by atoms with E-state index in [1.165, 1.54) is 16.7 Å². The fourth-order valence-corrected chi connectivity index (χ4v) is 5.76. The van der Waals surface area contributed by atoms with Gasteiger partial charge in [0, 0.05) is 30.5 Å². The number of aromatic hydroxyl groups is 1. The van der Waals surface area contributed by atoms with Gasteiger partial charge in [-0.15, -0.1) is 0 Å². The summed E-state index contributed by atoms with van der Waals surface area (Å²) in [5.74, 6) is -0.209. The smallest absolute Gasteiger partial charge is 0.315 e. The topological polar surface area (TPSA) is 75.4 Å². The number of benzene rings is 1. The van der Waals surface area contributed by atoms with E-state index >= 15 is 0 Å². The monoisotopic (exact) mass is 423 g/mol. The van der Waals surface area contributed by atoms with Crippen molar-refractivity contribution in [3.63, 3.8) is 0 Å². The fraction of sp³-hybridized carbons (Fsp3) is 0.560. The number of rotatable bonds is 4. The Kier molecular flexibility index (Phi) is 5.44. The Labute approximate surface area is 183 Å². The Bertz CT molecular complexity index is 1060. The first-order valence-corrected chi connectivity index (χ1v) is 11.4. The van der Waals surface area contributed by atoms with Crippen LogP contribution in [0, 0.1) is 13.8 Å². The van der Waals surface area contributed by atoms with Crippen LogP contribution < -0.4 is 5.56 Å². The van der Waals surface area contributed by atoms with Crippen molar-refractivity contribution in [1.82, 2.24) is 14.5 Å². The van der Waals surface area contributed by atoms with Gasteiger partial charge in [0.15, 0.2) is 5.69 Å². The van der Waals surface area contributed by atoms with Crippen molar-refractivity contribution in [2.45, 2.75) is 90.8 Å². The third-order valence-corrected chi connectivity index (χ3v) is 7.05. The second kappa shape index (κ2) is 7.81. The summed E-state index contributed by atoms with van der Waals surface area (Å²) in [6.45, 7) is 10.7. The molecule has 166 valence electrons. The molecule has 0 radical (unpaired) electrons. The van der Waals surface area contributed by atoms with Gasteiger partial charge in [0.1, 0.15) is 5.82 Å². The lowest BCUT2D eigenvalue weighted by Gasteiger charge is -2.40. The first-order chi connectivity index (χ1) is 14.6. The van der Waals surface area contributed by atoms with E-state index in [9.17, 15) is 14.7 Å². The first kappa shape index (κ1) is 21.6. The molecule has 1 unspecified atom stereocenters. The van der Waals surface area contributed by atoms with E-state index in [4.69, 9.17) is 0 Å². The van der Waals surface area contributed by atoms with Crippen molar-refractivity contribution in [2.24, 2.45) is 0 Å². The number of aromatic nitrogens is 2. The maximum atomic E-state index is 13.2. The van der Waals surface area contributed by atoms with E-state index in [1.54, 1.807) is 4.90 Å². The second-order valence-corrected chi connectivity index (χ2v) is 9.84. The molecular weight excluding hydrogens is 390 g/mol. The molecule has 1 aliphatic carbocycles. The predicted molar refractivity (Wildman–Crippen MR) is 121 cm³/mol. The standard InChI is InChI=1S/C25H33N3O3/c1-15(2)28-18(5)14-27-20(26-23(30)22(29)21(27)24(28)31)13-25(8-6-7-9-25)19-11-16(3)10-17(4)12-19/h10-12,15,18,29H,6-9,13-14H2,1-5H3. The zero-order valence-electron chi connectivity index (χ0n) is 19.2. The molecule has 2 aromatic rings. The molecule has 1 atom stereocenters. The number of amides is 1. The molecule has 1 saturated carbocycles. The van der Waals surface area contributed by atoms with Crippen LogP contribution >= 0.6 is 0 Å². The van der Waals surface area contributed by atoms with Crippen LogP contribution in [0.1, 0.15) is 79.5 Å². The Morgan fingerprint density at radius 3 is 2.32 bits per heavy atom. The second-order valence-electron chi connectivity index (χ2n) is 9.84. The van der Waals surface area contributed by atoms with E-state index in [-0.39, 0.29) is 29.1 Å². The van der Waals surface area contributed by atoms with E-state index in [0.29, 0.717) is 18.8 Å². The minimum atomic E-state index is -0.707. The summed E-state index contributed by atoms with van der Waals surface area (Å²) >= 11 is 0. The summed E-state index contributed by atoms with van der Waals surface area (Å²) in [6, 6.07) is 6.63. The van der Waals surface area contributed by atoms with E-state index in [2.05, 4.69) is 37.0 Å². The van der Waals surface area contributed by atoms with Crippen LogP contribution in [0.25, 0.3) is 0 Å². The summed E-state index contributed by atoms with van der Waals surface area (Å²) in [5, 5.41) is 10.5. The van der Waals surface area contributed by atoms with Crippen LogP contribution in [0.2, 0.25) is 0 Å². The first-order valence-electron chi connectivity index (χ1n) is 11.4. The lowest BCUT2D eigenvalue weighted by atomic mass is 9.75. The van der Waals surface area contributed by atoms with Crippen molar-refractivity contribution in [2.75, 3.05) is 0 Å². The molecule has 6 heteroatoms. The molecule has 1 amide bonds. The van der Waals surface area contributed by atoms with Crippen LogP contribution in [0.15, 0.2) is 23.0 Å². The molecule has 1 aliphatic heterocycles. The van der Waals surface area contributed by atoms with Crippen LogP contribution in [0.3, 0.4) is 0 Å². The molecule has 4 rings (SSSR count). The molecular formula is C25H33N3O3. The summed E-state index contributed by atoms with van der Waals surface area (Å²) in [7, 11) is 0. The molecule has 2 aliphatic rings. The zero-order chi connectivity index (χ0) is 22.5. The normalized spacial score (nSPS) is 20.4. The van der Waals surface area contributed by atoms with Crippen LogP contribution in [0.5, 0.6) is 5.75 Å². The maximum absolute atomic E-state index is 13.2. The van der Waals surface area contributed by atoms with E-state index in [0.717, 1.165) is 25.7 Å². The highest BCUT2D eigenvalue weighted by Crippen LogP contribution is 2.44. The summed E-state index contributed by atoms with van der Waals surface area (Å²) in [5.41, 5.74) is 3.04. The van der Waals surface area contributed by atoms with Gasteiger partial charge in [-0.2, -0.15) is 4.98 Å². The fourth-order valence-electron chi connectivity index (χ4n) is 5.76. The number of aryl methyl sites for hydroxylation is 2. The molecule has 31 heavy (non-hydrogen) atoms.